The van der Waals surface area contributed by atoms with Crippen molar-refractivity contribution in [3.05, 3.63) is 42.0 Å². The summed E-state index contributed by atoms with van der Waals surface area (Å²) in [6.45, 7) is 7.04. The maximum absolute atomic E-state index is 11.9. The van der Waals surface area contributed by atoms with Gasteiger partial charge in [0, 0.05) is 22.3 Å². The number of benzene rings is 1. The summed E-state index contributed by atoms with van der Waals surface area (Å²) in [6, 6.07) is 3.98. The minimum atomic E-state index is -3.84. The fraction of sp³-hybridized carbons (Fsp3) is 0.250. The molecule has 0 bridgehead atoms. The lowest BCUT2D eigenvalue weighted by molar-refractivity contribution is 0.0946. The normalized spacial score (nSPS) is 12.8. The van der Waals surface area contributed by atoms with Crippen molar-refractivity contribution in [2.75, 3.05) is 0 Å². The van der Waals surface area contributed by atoms with Gasteiger partial charge < -0.3 is 5.32 Å². The summed E-state index contributed by atoms with van der Waals surface area (Å²) in [5.74, 6) is -0.359. The van der Waals surface area contributed by atoms with Crippen molar-refractivity contribution >= 4 is 25.6 Å². The number of carbonyl (C=O) groups excluding carboxylic acids is 1. The van der Waals surface area contributed by atoms with Crippen LogP contribution in [-0.4, -0.2) is 20.4 Å². The molecule has 6 heteroatoms. The van der Waals surface area contributed by atoms with Gasteiger partial charge in [-0.15, -0.1) is 6.58 Å². The van der Waals surface area contributed by atoms with Crippen LogP contribution in [-0.2, 0) is 9.05 Å². The molecular formula is C12H14ClNO3S. The second-order valence-corrected chi connectivity index (χ2v) is 6.48. The Morgan fingerprint density at radius 2 is 2.11 bits per heavy atom. The average Bonchev–Trinajstić information content (AvgIpc) is 2.27. The molecule has 4 nitrogen and oxygen atoms in total. The highest BCUT2D eigenvalue weighted by atomic mass is 35.7. The molecule has 1 amide bonds. The van der Waals surface area contributed by atoms with Gasteiger partial charge in [-0.2, -0.15) is 0 Å². The molecule has 0 aromatic heterocycles. The lowest BCUT2D eigenvalue weighted by Gasteiger charge is -2.11. The van der Waals surface area contributed by atoms with E-state index in [4.69, 9.17) is 10.7 Å². The first-order chi connectivity index (χ1) is 8.25. The van der Waals surface area contributed by atoms with Crippen molar-refractivity contribution in [3.8, 4) is 0 Å². The van der Waals surface area contributed by atoms with Crippen LogP contribution in [0.4, 0.5) is 0 Å². The first-order valence-corrected chi connectivity index (χ1v) is 7.55. The second kappa shape index (κ2) is 5.54. The molecule has 1 unspecified atom stereocenters. The zero-order valence-electron chi connectivity index (χ0n) is 10.1. The smallest absolute Gasteiger partial charge is 0.261 e. The maximum atomic E-state index is 11.9. The number of rotatable bonds is 4. The van der Waals surface area contributed by atoms with Gasteiger partial charge in [0.05, 0.1) is 4.90 Å². The number of hydrogen-bond donors (Lipinski definition) is 1. The highest BCUT2D eigenvalue weighted by molar-refractivity contribution is 8.13. The zero-order valence-corrected chi connectivity index (χ0v) is 11.7. The molecule has 98 valence electrons. The lowest BCUT2D eigenvalue weighted by atomic mass is 10.1. The Labute approximate surface area is 111 Å². The summed E-state index contributed by atoms with van der Waals surface area (Å²) in [5, 5.41) is 2.67. The summed E-state index contributed by atoms with van der Waals surface area (Å²) < 4.78 is 22.4. The summed E-state index contributed by atoms with van der Waals surface area (Å²) in [7, 11) is 1.41. The van der Waals surface area contributed by atoms with Crippen LogP contribution in [0.3, 0.4) is 0 Å². The summed E-state index contributed by atoms with van der Waals surface area (Å²) in [6.07, 6.45) is 1.58. The zero-order chi connectivity index (χ0) is 13.9. The van der Waals surface area contributed by atoms with Crippen LogP contribution >= 0.6 is 10.7 Å². The Hall–Kier alpha value is -1.33. The van der Waals surface area contributed by atoms with E-state index >= 15 is 0 Å². The summed E-state index contributed by atoms with van der Waals surface area (Å²) >= 11 is 0. The quantitative estimate of drug-likeness (QED) is 0.682. The Morgan fingerprint density at radius 1 is 1.50 bits per heavy atom. The summed E-state index contributed by atoms with van der Waals surface area (Å²) in [5.41, 5.74) is 0.957. The fourth-order valence-electron chi connectivity index (χ4n) is 1.34. The lowest BCUT2D eigenvalue weighted by Crippen LogP contribution is -2.31. The minimum Gasteiger partial charge on any atom is -0.346 e. The molecule has 0 spiro atoms. The van der Waals surface area contributed by atoms with E-state index in [0.29, 0.717) is 5.56 Å². The van der Waals surface area contributed by atoms with E-state index in [2.05, 4.69) is 11.9 Å². The van der Waals surface area contributed by atoms with E-state index in [1.54, 1.807) is 26.0 Å². The van der Waals surface area contributed by atoms with Gasteiger partial charge in [0.25, 0.3) is 15.0 Å². The van der Waals surface area contributed by atoms with Gasteiger partial charge in [-0.25, -0.2) is 8.42 Å². The van der Waals surface area contributed by atoms with Gasteiger partial charge in [0.1, 0.15) is 0 Å². The number of amides is 1. The van der Waals surface area contributed by atoms with Gasteiger partial charge >= 0.3 is 0 Å². The Bertz CT molecular complexity index is 581. The molecule has 0 fully saturated rings. The predicted molar refractivity (Wildman–Crippen MR) is 71.3 cm³/mol. The van der Waals surface area contributed by atoms with Crippen molar-refractivity contribution < 1.29 is 13.2 Å². The van der Waals surface area contributed by atoms with E-state index in [1.165, 1.54) is 12.1 Å². The second-order valence-electron chi connectivity index (χ2n) is 3.91. The van der Waals surface area contributed by atoms with Gasteiger partial charge in [-0.05, 0) is 31.5 Å². The third-order valence-electron chi connectivity index (χ3n) is 2.45. The number of aryl methyl sites for hydroxylation is 1. The molecule has 1 rings (SSSR count). The first-order valence-electron chi connectivity index (χ1n) is 5.24. The summed E-state index contributed by atoms with van der Waals surface area (Å²) in [4.78, 5) is 11.8. The van der Waals surface area contributed by atoms with Crippen molar-refractivity contribution in [3.63, 3.8) is 0 Å². The molecule has 1 aromatic rings. The molecule has 0 aliphatic rings. The molecule has 0 saturated carbocycles. The highest BCUT2D eigenvalue weighted by Crippen LogP contribution is 2.19. The van der Waals surface area contributed by atoms with E-state index in [-0.39, 0.29) is 22.4 Å². The van der Waals surface area contributed by atoms with E-state index in [1.807, 2.05) is 0 Å². The number of nitrogens with one attached hydrogen (secondary N) is 1. The fourth-order valence-corrected chi connectivity index (χ4v) is 2.12. The van der Waals surface area contributed by atoms with Crippen LogP contribution in [0.5, 0.6) is 0 Å². The molecule has 0 saturated heterocycles. The minimum absolute atomic E-state index is 0.0915. The molecule has 0 radical (unpaired) electrons. The molecule has 0 aliphatic heterocycles. The Balaban J connectivity index is 3.16. The molecule has 0 heterocycles. The van der Waals surface area contributed by atoms with Crippen molar-refractivity contribution in [1.29, 1.82) is 0 Å². The van der Waals surface area contributed by atoms with Crippen molar-refractivity contribution in [2.45, 2.75) is 24.8 Å². The molecule has 1 aromatic carbocycles. The first kappa shape index (κ1) is 14.7. The Kier molecular flexibility index (Phi) is 4.53. The average molecular weight is 288 g/mol. The molecule has 1 atom stereocenters. The third kappa shape index (κ3) is 3.58. The number of halogens is 1. The third-order valence-corrected chi connectivity index (χ3v) is 3.80. The van der Waals surface area contributed by atoms with E-state index in [9.17, 15) is 13.2 Å². The van der Waals surface area contributed by atoms with Gasteiger partial charge in [0.2, 0.25) is 0 Å². The van der Waals surface area contributed by atoms with Crippen LogP contribution in [0.25, 0.3) is 0 Å². The monoisotopic (exact) mass is 287 g/mol. The van der Waals surface area contributed by atoms with Gasteiger partial charge in [0.15, 0.2) is 0 Å². The van der Waals surface area contributed by atoms with Crippen molar-refractivity contribution in [2.24, 2.45) is 0 Å². The molecule has 18 heavy (non-hydrogen) atoms. The predicted octanol–water partition coefficient (Wildman–Crippen LogP) is 2.23. The SMILES string of the molecule is C=CC(C)NC(=O)c1cc(S(=O)(=O)Cl)ccc1C. The number of carbonyl (C=O) groups is 1. The van der Waals surface area contributed by atoms with Gasteiger partial charge in [-0.3, -0.25) is 4.79 Å². The van der Waals surface area contributed by atoms with E-state index in [0.717, 1.165) is 0 Å². The molecule has 1 N–H and O–H groups in total. The van der Waals surface area contributed by atoms with Crippen LogP contribution in [0.1, 0.15) is 22.8 Å². The molecular weight excluding hydrogens is 274 g/mol. The van der Waals surface area contributed by atoms with Crippen molar-refractivity contribution in [1.82, 2.24) is 5.32 Å². The van der Waals surface area contributed by atoms with E-state index < -0.39 is 9.05 Å². The van der Waals surface area contributed by atoms with Crippen LogP contribution < -0.4 is 5.32 Å². The largest absolute Gasteiger partial charge is 0.346 e. The topological polar surface area (TPSA) is 63.2 Å². The number of hydrogen-bond acceptors (Lipinski definition) is 3. The molecule has 0 aliphatic carbocycles. The van der Waals surface area contributed by atoms with Gasteiger partial charge in [-0.1, -0.05) is 12.1 Å². The Morgan fingerprint density at radius 3 is 2.61 bits per heavy atom. The van der Waals surface area contributed by atoms with Crippen LogP contribution in [0.2, 0.25) is 0 Å². The standard InChI is InChI=1S/C12H14ClNO3S/c1-4-9(3)14-12(15)11-7-10(18(13,16)17)6-5-8(11)2/h4-7,9H,1H2,2-3H3,(H,14,15). The van der Waals surface area contributed by atoms with Crippen LogP contribution in [0.15, 0.2) is 35.7 Å². The maximum Gasteiger partial charge on any atom is 0.261 e. The van der Waals surface area contributed by atoms with Crippen LogP contribution in [0, 0.1) is 6.92 Å². The highest BCUT2D eigenvalue weighted by Gasteiger charge is 2.16.